The number of nitrogens with zero attached hydrogens (tertiary/aromatic N) is 1. The summed E-state index contributed by atoms with van der Waals surface area (Å²) >= 11 is 0. The number of hydrogen-bond acceptors (Lipinski definition) is 3. The van der Waals surface area contributed by atoms with Crippen molar-refractivity contribution in [3.8, 4) is 0 Å². The predicted octanol–water partition coefficient (Wildman–Crippen LogP) is 13.8. The highest BCUT2D eigenvalue weighted by molar-refractivity contribution is 5.65. The fourth-order valence-corrected chi connectivity index (χ4v) is 6.88. The highest BCUT2D eigenvalue weighted by atomic mass is 16.6. The van der Waals surface area contributed by atoms with E-state index < -0.39 is 11.8 Å². The van der Waals surface area contributed by atoms with Crippen molar-refractivity contribution in [1.82, 2.24) is 4.90 Å². The molecule has 2 atom stereocenters. The highest BCUT2D eigenvalue weighted by Gasteiger charge is 2.41. The normalized spacial score (nSPS) is 14.0. The second-order valence-corrected chi connectivity index (χ2v) is 14.5. The number of nitrogens with two attached hydrogens (primary N) is 1. The van der Waals surface area contributed by atoms with Crippen molar-refractivity contribution in [2.75, 3.05) is 14.1 Å². The smallest absolute Gasteiger partial charge is 0.406 e. The molecule has 2 unspecified atom stereocenters. The number of allylic oxidation sites excluding steroid dienone is 4. The van der Waals surface area contributed by atoms with E-state index in [0.717, 1.165) is 19.3 Å². The van der Waals surface area contributed by atoms with E-state index in [1.54, 1.807) is 0 Å². The maximum absolute atomic E-state index is 12.0. The molecule has 1 amide bonds. The Kier molecular flexibility index (Phi) is 32.7. The molecule has 0 bridgehead atoms. The lowest BCUT2D eigenvalue weighted by atomic mass is 9.86. The van der Waals surface area contributed by atoms with E-state index in [1.807, 2.05) is 14.1 Å². The first-order valence-corrected chi connectivity index (χ1v) is 20.4. The molecule has 0 aromatic heterocycles. The van der Waals surface area contributed by atoms with Crippen LogP contribution in [0.15, 0.2) is 24.3 Å². The Labute approximate surface area is 289 Å². The van der Waals surface area contributed by atoms with Gasteiger partial charge in [-0.1, -0.05) is 167 Å². The van der Waals surface area contributed by atoms with Crippen LogP contribution in [-0.4, -0.2) is 30.8 Å². The molecule has 0 aliphatic heterocycles. The van der Waals surface area contributed by atoms with Crippen molar-refractivity contribution < 1.29 is 9.53 Å². The molecule has 4 heteroatoms. The molecule has 0 heterocycles. The topological polar surface area (TPSA) is 55.6 Å². The first-order valence-electron chi connectivity index (χ1n) is 20.4. The van der Waals surface area contributed by atoms with Gasteiger partial charge in [-0.05, 0) is 78.3 Å². The summed E-state index contributed by atoms with van der Waals surface area (Å²) in [5.41, 5.74) is 5.00. The van der Waals surface area contributed by atoms with E-state index in [-0.39, 0.29) is 5.92 Å². The van der Waals surface area contributed by atoms with Gasteiger partial charge in [0.05, 0.1) is 0 Å². The van der Waals surface area contributed by atoms with Gasteiger partial charge in [0.15, 0.2) is 5.72 Å². The summed E-state index contributed by atoms with van der Waals surface area (Å²) in [6.45, 7) is 6.81. The van der Waals surface area contributed by atoms with Crippen LogP contribution in [0, 0.1) is 5.92 Å². The maximum atomic E-state index is 12.0. The van der Waals surface area contributed by atoms with Crippen LogP contribution in [0.1, 0.15) is 213 Å². The molecular formula is C42H82N2O2. The molecule has 0 rings (SSSR count). The largest absolute Gasteiger partial charge is 0.427 e. The Bertz CT molecular complexity index is 704. The molecule has 2 N–H and O–H groups in total. The summed E-state index contributed by atoms with van der Waals surface area (Å²) in [4.78, 5) is 14.1. The number of hydrogen-bond donors (Lipinski definition) is 1. The number of primary amides is 1. The molecular weight excluding hydrogens is 564 g/mol. The third kappa shape index (κ3) is 26.7. The zero-order valence-electron chi connectivity index (χ0n) is 31.9. The quantitative estimate of drug-likeness (QED) is 0.0423. The van der Waals surface area contributed by atoms with Crippen LogP contribution >= 0.6 is 0 Å². The molecule has 46 heavy (non-hydrogen) atoms. The number of ether oxygens (including phenoxy) is 1. The predicted molar refractivity (Wildman–Crippen MR) is 204 cm³/mol. The summed E-state index contributed by atoms with van der Waals surface area (Å²) in [5.74, 6) is 0.259. The Morgan fingerprint density at radius 1 is 0.565 bits per heavy atom. The molecule has 0 aromatic carbocycles. The fourth-order valence-electron chi connectivity index (χ4n) is 6.88. The van der Waals surface area contributed by atoms with Gasteiger partial charge in [-0.3, -0.25) is 4.90 Å². The van der Waals surface area contributed by atoms with Crippen LogP contribution in [0.4, 0.5) is 4.79 Å². The van der Waals surface area contributed by atoms with Gasteiger partial charge in [-0.25, -0.2) is 4.79 Å². The van der Waals surface area contributed by atoms with Crippen LogP contribution in [0.3, 0.4) is 0 Å². The number of amides is 1. The van der Waals surface area contributed by atoms with Crippen molar-refractivity contribution in [3.05, 3.63) is 24.3 Å². The van der Waals surface area contributed by atoms with E-state index in [1.165, 1.54) is 173 Å². The van der Waals surface area contributed by atoms with Gasteiger partial charge in [0.1, 0.15) is 0 Å². The third-order valence-corrected chi connectivity index (χ3v) is 10.0. The van der Waals surface area contributed by atoms with Gasteiger partial charge in [0.2, 0.25) is 0 Å². The average molecular weight is 647 g/mol. The van der Waals surface area contributed by atoms with E-state index in [2.05, 4.69) is 50.0 Å². The lowest BCUT2D eigenvalue weighted by Gasteiger charge is -2.43. The van der Waals surface area contributed by atoms with Crippen LogP contribution in [0.5, 0.6) is 0 Å². The lowest BCUT2D eigenvalue weighted by Crippen LogP contribution is -2.53. The summed E-state index contributed by atoms with van der Waals surface area (Å²) in [6, 6.07) is 0. The Morgan fingerprint density at radius 2 is 0.891 bits per heavy atom. The molecule has 0 radical (unpaired) electrons. The molecule has 0 saturated carbocycles. The van der Waals surface area contributed by atoms with Gasteiger partial charge in [-0.15, -0.1) is 0 Å². The SMILES string of the molecule is CCCCCCCC/C=C\CCCCCCCCC(C)C(CCCCCCCC/C=C\CCCCCCCC)(OC(N)=O)N(C)C. The number of unbranched alkanes of at least 4 members (excludes halogenated alkanes) is 24. The zero-order chi connectivity index (χ0) is 34.0. The zero-order valence-corrected chi connectivity index (χ0v) is 31.9. The highest BCUT2D eigenvalue weighted by Crippen LogP contribution is 2.34. The number of carbonyl (C=O) groups excluding carboxylic acids is 1. The number of rotatable bonds is 35. The van der Waals surface area contributed by atoms with Gasteiger partial charge in [0, 0.05) is 12.3 Å². The van der Waals surface area contributed by atoms with E-state index >= 15 is 0 Å². The minimum atomic E-state index is -0.647. The van der Waals surface area contributed by atoms with Gasteiger partial charge >= 0.3 is 6.09 Å². The van der Waals surface area contributed by atoms with Crippen molar-refractivity contribution in [1.29, 1.82) is 0 Å². The Morgan fingerprint density at radius 3 is 1.24 bits per heavy atom. The van der Waals surface area contributed by atoms with E-state index in [0.29, 0.717) is 0 Å². The fraction of sp³-hybridized carbons (Fsp3) is 0.881. The molecule has 0 spiro atoms. The van der Waals surface area contributed by atoms with Gasteiger partial charge in [0.25, 0.3) is 0 Å². The van der Waals surface area contributed by atoms with E-state index in [4.69, 9.17) is 10.5 Å². The first kappa shape index (κ1) is 44.7. The molecule has 4 nitrogen and oxygen atoms in total. The minimum Gasteiger partial charge on any atom is -0.427 e. The molecule has 0 aliphatic carbocycles. The maximum Gasteiger partial charge on any atom is 0.406 e. The van der Waals surface area contributed by atoms with Crippen molar-refractivity contribution in [2.24, 2.45) is 11.7 Å². The van der Waals surface area contributed by atoms with Crippen molar-refractivity contribution in [3.63, 3.8) is 0 Å². The summed E-state index contributed by atoms with van der Waals surface area (Å²) in [7, 11) is 4.09. The van der Waals surface area contributed by atoms with Crippen molar-refractivity contribution in [2.45, 2.75) is 219 Å². The lowest BCUT2D eigenvalue weighted by molar-refractivity contribution is -0.133. The molecule has 0 aromatic rings. The summed E-state index contributed by atoms with van der Waals surface area (Å²) in [5, 5.41) is 0. The second-order valence-electron chi connectivity index (χ2n) is 14.5. The van der Waals surface area contributed by atoms with Gasteiger partial charge < -0.3 is 10.5 Å². The third-order valence-electron chi connectivity index (χ3n) is 10.0. The Balaban J connectivity index is 4.09. The Hall–Kier alpha value is -1.29. The number of carbonyl (C=O) groups is 1. The molecule has 0 aliphatic rings. The molecule has 0 fully saturated rings. The molecule has 272 valence electrons. The minimum absolute atomic E-state index is 0.259. The van der Waals surface area contributed by atoms with Crippen LogP contribution < -0.4 is 5.73 Å². The van der Waals surface area contributed by atoms with Crippen LogP contribution in [-0.2, 0) is 4.74 Å². The summed E-state index contributed by atoms with van der Waals surface area (Å²) in [6.07, 6.45) is 47.6. The second kappa shape index (κ2) is 33.6. The van der Waals surface area contributed by atoms with Crippen LogP contribution in [0.25, 0.3) is 0 Å². The molecule has 0 saturated heterocycles. The monoisotopic (exact) mass is 647 g/mol. The summed E-state index contributed by atoms with van der Waals surface area (Å²) < 4.78 is 5.92. The van der Waals surface area contributed by atoms with Crippen LogP contribution in [0.2, 0.25) is 0 Å². The standard InChI is InChI=1S/C42H82N2O2/c1-6-8-10-12-14-16-18-20-22-24-26-28-30-32-34-36-38-40(3)42(44(4)5,46-41(43)45)39-37-35-33-31-29-27-25-23-21-19-17-15-13-11-9-7-2/h20-23,40H,6-19,24-39H2,1-5H3,(H2,43,45)/b22-20-,23-21-. The van der Waals surface area contributed by atoms with Crippen molar-refractivity contribution >= 4 is 6.09 Å². The average Bonchev–Trinajstić information content (AvgIpc) is 3.03. The first-order chi connectivity index (χ1) is 22.4. The van der Waals surface area contributed by atoms with E-state index in [9.17, 15) is 4.79 Å². The van der Waals surface area contributed by atoms with Gasteiger partial charge in [-0.2, -0.15) is 0 Å².